The molecule has 3 rings (SSSR count). The fourth-order valence-corrected chi connectivity index (χ4v) is 3.27. The summed E-state index contributed by atoms with van der Waals surface area (Å²) in [5.41, 5.74) is -0.622. The van der Waals surface area contributed by atoms with Gasteiger partial charge in [0.05, 0.1) is 18.5 Å². The monoisotopic (exact) mass is 441 g/mol. The number of carbonyl (C=O) groups excluding carboxylic acids is 1. The first-order valence-corrected chi connectivity index (χ1v) is 9.79. The summed E-state index contributed by atoms with van der Waals surface area (Å²) < 4.78 is 53.1. The van der Waals surface area contributed by atoms with Crippen molar-refractivity contribution in [1.29, 1.82) is 0 Å². The minimum Gasteiger partial charge on any atom is -0.390 e. The number of anilines is 2. The van der Waals surface area contributed by atoms with Gasteiger partial charge in [-0.2, -0.15) is 13.2 Å². The lowest BCUT2D eigenvalue weighted by atomic mass is 9.99. The number of carbonyl (C=O) groups is 1. The predicted molar refractivity (Wildman–Crippen MR) is 106 cm³/mol. The van der Waals surface area contributed by atoms with Gasteiger partial charge in [0.1, 0.15) is 23.0 Å². The number of aliphatic hydroxyl groups excluding tert-OH is 1. The van der Waals surface area contributed by atoms with Crippen molar-refractivity contribution in [3.8, 4) is 0 Å². The summed E-state index contributed by atoms with van der Waals surface area (Å²) in [6, 6.07) is 2.52. The number of urea groups is 1. The number of hydrogen-bond donors (Lipinski definition) is 3. The Bertz CT molecular complexity index is 930. The molecule has 0 bridgehead atoms. The Hall–Kier alpha value is -2.95. The number of halogens is 4. The summed E-state index contributed by atoms with van der Waals surface area (Å²) in [5, 5.41) is 13.9. The Morgan fingerprint density at radius 3 is 2.61 bits per heavy atom. The van der Waals surface area contributed by atoms with Gasteiger partial charge < -0.3 is 20.6 Å². The molecule has 0 atom stereocenters. The van der Waals surface area contributed by atoms with E-state index in [2.05, 4.69) is 27.5 Å². The molecule has 0 saturated carbocycles. The zero-order valence-electron chi connectivity index (χ0n) is 16.8. The van der Waals surface area contributed by atoms with Crippen LogP contribution in [0.25, 0.3) is 0 Å². The molecule has 2 aromatic rings. The predicted octanol–water partition coefficient (Wildman–Crippen LogP) is 3.68. The normalized spacial score (nSPS) is 15.1. The third-order valence-electron chi connectivity index (χ3n) is 5.09. The minimum atomic E-state index is -4.57. The van der Waals surface area contributed by atoms with Gasteiger partial charge >= 0.3 is 12.2 Å². The van der Waals surface area contributed by atoms with E-state index in [1.54, 1.807) is 4.90 Å². The molecule has 0 aliphatic carbocycles. The van der Waals surface area contributed by atoms with E-state index in [0.29, 0.717) is 24.6 Å². The highest BCUT2D eigenvalue weighted by atomic mass is 19.4. The van der Waals surface area contributed by atoms with Crippen molar-refractivity contribution in [2.24, 2.45) is 5.92 Å². The summed E-state index contributed by atoms with van der Waals surface area (Å²) >= 11 is 0. The molecule has 0 spiro atoms. The van der Waals surface area contributed by atoms with E-state index in [0.717, 1.165) is 25.0 Å². The number of hydrogen-bond acceptors (Lipinski definition) is 5. The van der Waals surface area contributed by atoms with Crippen LogP contribution in [0.15, 0.2) is 24.4 Å². The number of amides is 2. The highest BCUT2D eigenvalue weighted by Crippen LogP contribution is 2.32. The molecule has 1 saturated heterocycles. The molecule has 0 unspecified atom stereocenters. The van der Waals surface area contributed by atoms with Gasteiger partial charge in [-0.1, -0.05) is 13.0 Å². The van der Waals surface area contributed by atoms with E-state index >= 15 is 0 Å². The second kappa shape index (κ2) is 9.46. The molecule has 0 radical (unpaired) electrons. The van der Waals surface area contributed by atoms with Gasteiger partial charge in [-0.05, 0) is 24.8 Å². The van der Waals surface area contributed by atoms with Gasteiger partial charge in [0.15, 0.2) is 0 Å². The van der Waals surface area contributed by atoms with Crippen LogP contribution in [0.5, 0.6) is 0 Å². The van der Waals surface area contributed by atoms with Crippen LogP contribution in [0.1, 0.15) is 36.7 Å². The highest BCUT2D eigenvalue weighted by molar-refractivity contribution is 5.89. The van der Waals surface area contributed by atoms with Crippen molar-refractivity contribution in [2.45, 2.75) is 39.1 Å². The van der Waals surface area contributed by atoms with Crippen molar-refractivity contribution in [3.05, 3.63) is 47.2 Å². The molecule has 1 aliphatic heterocycles. The summed E-state index contributed by atoms with van der Waals surface area (Å²) in [4.78, 5) is 21.5. The van der Waals surface area contributed by atoms with E-state index < -0.39 is 30.3 Å². The van der Waals surface area contributed by atoms with Gasteiger partial charge in [-0.3, -0.25) is 4.98 Å². The molecule has 31 heavy (non-hydrogen) atoms. The second-order valence-electron chi connectivity index (χ2n) is 7.46. The smallest absolute Gasteiger partial charge is 0.390 e. The molecule has 0 aromatic carbocycles. The largest absolute Gasteiger partial charge is 0.433 e. The van der Waals surface area contributed by atoms with Crippen LogP contribution in [-0.4, -0.2) is 34.2 Å². The maximum absolute atomic E-state index is 13.7. The quantitative estimate of drug-likeness (QED) is 0.616. The minimum absolute atomic E-state index is 0.0665. The zero-order chi connectivity index (χ0) is 22.6. The Labute approximate surface area is 176 Å². The molecule has 7 nitrogen and oxygen atoms in total. The van der Waals surface area contributed by atoms with E-state index in [1.165, 1.54) is 12.3 Å². The van der Waals surface area contributed by atoms with Gasteiger partial charge in [-0.15, -0.1) is 0 Å². The number of aliphatic hydroxyl groups is 1. The van der Waals surface area contributed by atoms with Crippen LogP contribution in [0.4, 0.5) is 33.9 Å². The van der Waals surface area contributed by atoms with Gasteiger partial charge in [0.25, 0.3) is 0 Å². The molecule has 168 valence electrons. The van der Waals surface area contributed by atoms with Crippen molar-refractivity contribution < 1.29 is 27.5 Å². The van der Waals surface area contributed by atoms with Gasteiger partial charge in [0, 0.05) is 31.3 Å². The molecule has 2 amide bonds. The number of nitrogens with one attached hydrogen (secondary N) is 2. The van der Waals surface area contributed by atoms with E-state index in [-0.39, 0.29) is 23.7 Å². The van der Waals surface area contributed by atoms with Crippen LogP contribution >= 0.6 is 0 Å². The van der Waals surface area contributed by atoms with E-state index in [4.69, 9.17) is 5.11 Å². The number of alkyl halides is 3. The van der Waals surface area contributed by atoms with Crippen molar-refractivity contribution in [2.75, 3.05) is 23.3 Å². The van der Waals surface area contributed by atoms with Crippen molar-refractivity contribution >= 4 is 17.5 Å². The first kappa shape index (κ1) is 22.7. The Kier molecular flexibility index (Phi) is 6.94. The summed E-state index contributed by atoms with van der Waals surface area (Å²) in [7, 11) is 0. The van der Waals surface area contributed by atoms with E-state index in [1.807, 2.05) is 0 Å². The molecule has 1 aliphatic rings. The Balaban J connectivity index is 1.72. The lowest BCUT2D eigenvalue weighted by Crippen LogP contribution is -2.35. The molecule has 3 N–H and O–H groups in total. The maximum atomic E-state index is 13.7. The first-order chi connectivity index (χ1) is 14.7. The molecule has 11 heteroatoms. The fourth-order valence-electron chi connectivity index (χ4n) is 3.27. The average molecular weight is 441 g/mol. The lowest BCUT2D eigenvalue weighted by molar-refractivity contribution is -0.141. The number of pyridine rings is 2. The van der Waals surface area contributed by atoms with Crippen LogP contribution in [0.2, 0.25) is 0 Å². The third-order valence-corrected chi connectivity index (χ3v) is 5.09. The van der Waals surface area contributed by atoms with Crippen LogP contribution < -0.4 is 15.5 Å². The van der Waals surface area contributed by atoms with Crippen molar-refractivity contribution in [3.63, 3.8) is 0 Å². The van der Waals surface area contributed by atoms with Gasteiger partial charge in [-0.25, -0.2) is 14.2 Å². The summed E-state index contributed by atoms with van der Waals surface area (Å²) in [5.74, 6) is -0.0866. The number of nitrogens with zero attached hydrogens (tertiary/aromatic N) is 3. The molecule has 3 heterocycles. The maximum Gasteiger partial charge on any atom is 0.433 e. The Morgan fingerprint density at radius 2 is 2.00 bits per heavy atom. The third kappa shape index (κ3) is 5.81. The first-order valence-electron chi connectivity index (χ1n) is 9.79. The number of aromatic nitrogens is 2. The van der Waals surface area contributed by atoms with Gasteiger partial charge in [0.2, 0.25) is 0 Å². The fraction of sp³-hybridized carbons (Fsp3) is 0.450. The summed E-state index contributed by atoms with van der Waals surface area (Å²) in [6.45, 7) is 2.61. The van der Waals surface area contributed by atoms with E-state index in [9.17, 15) is 22.4 Å². The molecular weight excluding hydrogens is 418 g/mol. The lowest BCUT2D eigenvalue weighted by Gasteiger charge is -2.33. The molecule has 1 fully saturated rings. The zero-order valence-corrected chi connectivity index (χ0v) is 16.8. The van der Waals surface area contributed by atoms with Crippen LogP contribution in [0.3, 0.4) is 0 Å². The number of rotatable bonds is 5. The average Bonchev–Trinajstić information content (AvgIpc) is 2.72. The SMILES string of the molecule is CC1CCN(c2nc(C(F)(F)F)ccc2CNC(=O)Nc2cnc(CO)c(F)c2)CC1. The topological polar surface area (TPSA) is 90.4 Å². The van der Waals surface area contributed by atoms with Crippen LogP contribution in [-0.2, 0) is 19.3 Å². The summed E-state index contributed by atoms with van der Waals surface area (Å²) in [6.07, 6.45) is -1.70. The molecule has 2 aromatic heterocycles. The van der Waals surface area contributed by atoms with Crippen molar-refractivity contribution in [1.82, 2.24) is 15.3 Å². The molecular formula is C20H23F4N5O2. The number of piperidine rings is 1. The standard InChI is InChI=1S/C20H23F4N5O2/c1-12-4-6-29(7-5-12)18-13(2-3-17(28-18)20(22,23)24)9-26-19(31)27-14-8-15(21)16(11-30)25-10-14/h2-3,8,10,12,30H,4-7,9,11H2,1H3,(H2,26,27,31). The van der Waals surface area contributed by atoms with Crippen LogP contribution in [0, 0.1) is 11.7 Å². The second-order valence-corrected chi connectivity index (χ2v) is 7.46. The highest BCUT2D eigenvalue weighted by Gasteiger charge is 2.34. The Morgan fingerprint density at radius 1 is 1.29 bits per heavy atom.